The fraction of sp³-hybridized carbons (Fsp3) is 0.643. The first-order valence-electron chi connectivity index (χ1n) is 6.99. The number of amides is 1. The first-order chi connectivity index (χ1) is 9.20. The molecule has 0 saturated heterocycles. The Bertz CT molecular complexity index is 429. The van der Waals surface area contributed by atoms with Gasteiger partial charge in [-0.3, -0.25) is 4.79 Å². The number of anilines is 1. The van der Waals surface area contributed by atoms with E-state index < -0.39 is 0 Å². The lowest BCUT2D eigenvalue weighted by atomic mass is 10.0. The molecule has 1 aliphatic rings. The van der Waals surface area contributed by atoms with E-state index in [0.29, 0.717) is 18.4 Å². The highest BCUT2D eigenvalue weighted by molar-refractivity contribution is 5.78. The fourth-order valence-corrected chi connectivity index (χ4v) is 2.49. The van der Waals surface area contributed by atoms with Crippen molar-refractivity contribution >= 4 is 11.9 Å². The second-order valence-corrected chi connectivity index (χ2v) is 5.18. The third-order valence-corrected chi connectivity index (χ3v) is 3.71. The number of nitrogens with one attached hydrogen (secondary N) is 2. The van der Waals surface area contributed by atoms with Crippen LogP contribution in [0.2, 0.25) is 0 Å². The summed E-state index contributed by atoms with van der Waals surface area (Å²) in [6.07, 6.45) is 6.85. The second-order valence-electron chi connectivity index (χ2n) is 5.18. The first kappa shape index (κ1) is 13.8. The molecule has 1 amide bonds. The topological polar surface area (TPSA) is 66.9 Å². The molecule has 104 valence electrons. The Morgan fingerprint density at radius 2 is 2.21 bits per heavy atom. The van der Waals surface area contributed by atoms with Gasteiger partial charge in [0.05, 0.1) is 5.92 Å². The predicted octanol–water partition coefficient (Wildman–Crippen LogP) is 1.93. The van der Waals surface area contributed by atoms with Crippen LogP contribution in [0.5, 0.6) is 0 Å². The summed E-state index contributed by atoms with van der Waals surface area (Å²) >= 11 is 0. The van der Waals surface area contributed by atoms with Crippen molar-refractivity contribution in [2.75, 3.05) is 18.9 Å². The van der Waals surface area contributed by atoms with E-state index in [0.717, 1.165) is 5.69 Å². The third-order valence-electron chi connectivity index (χ3n) is 3.71. The molecular formula is C14H22N4O. The van der Waals surface area contributed by atoms with Crippen molar-refractivity contribution in [1.29, 1.82) is 0 Å². The first-order valence-corrected chi connectivity index (χ1v) is 6.99. The summed E-state index contributed by atoms with van der Waals surface area (Å²) in [7, 11) is 1.65. The van der Waals surface area contributed by atoms with Gasteiger partial charge in [0.1, 0.15) is 0 Å². The Balaban J connectivity index is 1.93. The number of aromatic nitrogens is 2. The fourth-order valence-electron chi connectivity index (χ4n) is 2.49. The number of nitrogens with zero attached hydrogens (tertiary/aromatic N) is 2. The molecule has 0 aromatic carbocycles. The van der Waals surface area contributed by atoms with Crippen molar-refractivity contribution < 1.29 is 4.79 Å². The van der Waals surface area contributed by atoms with Crippen molar-refractivity contribution in [2.24, 2.45) is 5.92 Å². The van der Waals surface area contributed by atoms with Gasteiger partial charge in [0.15, 0.2) is 0 Å². The minimum atomic E-state index is -0.0938. The Morgan fingerprint density at radius 1 is 1.47 bits per heavy atom. The maximum atomic E-state index is 11.4. The number of rotatable bonds is 5. The second kappa shape index (κ2) is 6.50. The largest absolute Gasteiger partial charge is 0.359 e. The van der Waals surface area contributed by atoms with Gasteiger partial charge in [-0.05, 0) is 18.9 Å². The van der Waals surface area contributed by atoms with Crippen LogP contribution in [0.1, 0.15) is 44.2 Å². The van der Waals surface area contributed by atoms with Gasteiger partial charge in [0.2, 0.25) is 11.9 Å². The van der Waals surface area contributed by atoms with Gasteiger partial charge in [0, 0.05) is 31.4 Å². The quantitative estimate of drug-likeness (QED) is 0.851. The van der Waals surface area contributed by atoms with Crippen molar-refractivity contribution in [3.05, 3.63) is 18.0 Å². The molecule has 2 N–H and O–H groups in total. The minimum absolute atomic E-state index is 0.0273. The number of carbonyl (C=O) groups is 1. The Morgan fingerprint density at radius 3 is 2.89 bits per heavy atom. The van der Waals surface area contributed by atoms with E-state index in [1.165, 1.54) is 25.7 Å². The molecular weight excluding hydrogens is 240 g/mol. The van der Waals surface area contributed by atoms with Gasteiger partial charge >= 0.3 is 0 Å². The van der Waals surface area contributed by atoms with Gasteiger partial charge < -0.3 is 10.6 Å². The molecule has 1 atom stereocenters. The van der Waals surface area contributed by atoms with Crippen LogP contribution in [0.15, 0.2) is 12.3 Å². The van der Waals surface area contributed by atoms with Crippen molar-refractivity contribution in [1.82, 2.24) is 15.3 Å². The molecule has 19 heavy (non-hydrogen) atoms. The van der Waals surface area contributed by atoms with Gasteiger partial charge in [-0.15, -0.1) is 0 Å². The van der Waals surface area contributed by atoms with Crippen LogP contribution in [0.4, 0.5) is 5.95 Å². The van der Waals surface area contributed by atoms with E-state index in [9.17, 15) is 4.79 Å². The van der Waals surface area contributed by atoms with Crippen molar-refractivity contribution in [3.8, 4) is 0 Å². The summed E-state index contributed by atoms with van der Waals surface area (Å²) in [6, 6.07) is 2.00. The molecule has 2 rings (SSSR count). The highest BCUT2D eigenvalue weighted by atomic mass is 16.1. The highest BCUT2D eigenvalue weighted by Gasteiger charge is 2.19. The molecule has 1 aromatic heterocycles. The average Bonchev–Trinajstić information content (AvgIpc) is 2.98. The third kappa shape index (κ3) is 3.66. The van der Waals surface area contributed by atoms with Gasteiger partial charge in [0.25, 0.3) is 0 Å². The maximum Gasteiger partial charge on any atom is 0.224 e. The molecule has 1 saturated carbocycles. The summed E-state index contributed by atoms with van der Waals surface area (Å²) < 4.78 is 0. The predicted molar refractivity (Wildman–Crippen MR) is 75.0 cm³/mol. The molecule has 1 fully saturated rings. The molecule has 1 heterocycles. The standard InChI is InChI=1S/C14H22N4O/c1-10(13(19)15-2)9-17-14-16-8-7-12(18-14)11-5-3-4-6-11/h7-8,10-11H,3-6,9H2,1-2H3,(H,15,19)(H,16,17,18). The normalized spacial score (nSPS) is 17.2. The van der Waals surface area contributed by atoms with Crippen LogP contribution in [0.3, 0.4) is 0 Å². The Kier molecular flexibility index (Phi) is 4.71. The van der Waals surface area contributed by atoms with Crippen LogP contribution in [0, 0.1) is 5.92 Å². The van der Waals surface area contributed by atoms with Crippen molar-refractivity contribution in [3.63, 3.8) is 0 Å². The van der Waals surface area contributed by atoms with Crippen molar-refractivity contribution in [2.45, 2.75) is 38.5 Å². The molecule has 1 unspecified atom stereocenters. The molecule has 1 aromatic rings. The number of hydrogen-bond donors (Lipinski definition) is 2. The summed E-state index contributed by atoms with van der Waals surface area (Å²) in [6.45, 7) is 2.43. The number of hydrogen-bond acceptors (Lipinski definition) is 4. The lowest BCUT2D eigenvalue weighted by Gasteiger charge is -2.13. The lowest BCUT2D eigenvalue weighted by Crippen LogP contribution is -2.30. The van der Waals surface area contributed by atoms with Crippen LogP contribution in [0.25, 0.3) is 0 Å². The van der Waals surface area contributed by atoms with E-state index in [2.05, 4.69) is 20.6 Å². The summed E-state index contributed by atoms with van der Waals surface area (Å²) in [5.41, 5.74) is 1.13. The van der Waals surface area contributed by atoms with Gasteiger partial charge in [-0.2, -0.15) is 0 Å². The zero-order valence-corrected chi connectivity index (χ0v) is 11.6. The molecule has 5 nitrogen and oxygen atoms in total. The van der Waals surface area contributed by atoms with E-state index in [-0.39, 0.29) is 11.8 Å². The van der Waals surface area contributed by atoms with Gasteiger partial charge in [-0.1, -0.05) is 19.8 Å². The Hall–Kier alpha value is -1.65. The van der Waals surface area contributed by atoms with Crippen LogP contribution >= 0.6 is 0 Å². The van der Waals surface area contributed by atoms with E-state index in [1.807, 2.05) is 13.0 Å². The maximum absolute atomic E-state index is 11.4. The monoisotopic (exact) mass is 262 g/mol. The summed E-state index contributed by atoms with van der Waals surface area (Å²) in [4.78, 5) is 20.2. The van der Waals surface area contributed by atoms with Gasteiger partial charge in [-0.25, -0.2) is 9.97 Å². The molecule has 0 bridgehead atoms. The van der Waals surface area contributed by atoms with Crippen LogP contribution in [-0.2, 0) is 4.79 Å². The van der Waals surface area contributed by atoms with Crippen LogP contribution in [-0.4, -0.2) is 29.5 Å². The molecule has 0 aliphatic heterocycles. The zero-order chi connectivity index (χ0) is 13.7. The molecule has 5 heteroatoms. The SMILES string of the molecule is CNC(=O)C(C)CNc1nccc(C2CCCC2)n1. The minimum Gasteiger partial charge on any atom is -0.359 e. The highest BCUT2D eigenvalue weighted by Crippen LogP contribution is 2.32. The smallest absolute Gasteiger partial charge is 0.224 e. The summed E-state index contributed by atoms with van der Waals surface area (Å²) in [5, 5.41) is 5.78. The number of carbonyl (C=O) groups excluding carboxylic acids is 1. The zero-order valence-electron chi connectivity index (χ0n) is 11.6. The molecule has 0 radical (unpaired) electrons. The average molecular weight is 262 g/mol. The lowest BCUT2D eigenvalue weighted by molar-refractivity contribution is -0.123. The van der Waals surface area contributed by atoms with E-state index in [1.54, 1.807) is 13.2 Å². The van der Waals surface area contributed by atoms with E-state index >= 15 is 0 Å². The molecule has 0 spiro atoms. The van der Waals surface area contributed by atoms with Crippen LogP contribution < -0.4 is 10.6 Å². The molecule has 1 aliphatic carbocycles. The Labute approximate surface area is 114 Å². The summed E-state index contributed by atoms with van der Waals surface area (Å²) in [5.74, 6) is 1.14. The van der Waals surface area contributed by atoms with E-state index in [4.69, 9.17) is 0 Å².